The molecule has 0 aliphatic heterocycles. The van der Waals surface area contributed by atoms with Gasteiger partial charge in [0.2, 0.25) is 0 Å². The van der Waals surface area contributed by atoms with Crippen molar-refractivity contribution >= 4 is 6.09 Å². The zero-order valence-corrected chi connectivity index (χ0v) is 7.30. The average molecular weight is 158 g/mol. The maximum Gasteiger partial charge on any atom is 0.409 e. The van der Waals surface area contributed by atoms with Gasteiger partial charge in [-0.3, -0.25) is 0 Å². The molecule has 0 saturated heterocycles. The lowest BCUT2D eigenvalue weighted by Gasteiger charge is -2.13. The van der Waals surface area contributed by atoms with Crippen LogP contribution in [0, 0.1) is 6.92 Å². The summed E-state index contributed by atoms with van der Waals surface area (Å²) < 4.78 is 4.88. The highest BCUT2D eigenvalue weighted by molar-refractivity contribution is 5.67. The van der Waals surface area contributed by atoms with Crippen LogP contribution in [0.3, 0.4) is 0 Å². The summed E-state index contributed by atoms with van der Waals surface area (Å²) in [5.74, 6) is 0. The largest absolute Gasteiger partial charge is 0.449 e. The summed E-state index contributed by atoms with van der Waals surface area (Å²) in [6.07, 6.45) is 1.69. The van der Waals surface area contributed by atoms with Gasteiger partial charge in [0.1, 0.15) is 0 Å². The molecule has 0 aliphatic carbocycles. The first-order valence-electron chi connectivity index (χ1n) is 3.89. The molecule has 3 heteroatoms. The van der Waals surface area contributed by atoms with Gasteiger partial charge in [0.05, 0.1) is 6.61 Å². The average Bonchev–Trinajstić information content (AvgIpc) is 2.03. The molecule has 0 aromatic rings. The lowest BCUT2D eigenvalue weighted by Crippen LogP contribution is -2.27. The third-order valence-electron chi connectivity index (χ3n) is 1.37. The molecule has 0 fully saturated rings. The van der Waals surface area contributed by atoms with Gasteiger partial charge in [0.25, 0.3) is 0 Å². The molecule has 1 amide bonds. The number of rotatable bonds is 4. The van der Waals surface area contributed by atoms with E-state index in [1.807, 2.05) is 0 Å². The Balaban J connectivity index is 3.36. The maximum atomic E-state index is 10.9. The van der Waals surface area contributed by atoms with Gasteiger partial charge < -0.3 is 9.64 Å². The zero-order chi connectivity index (χ0) is 8.69. The topological polar surface area (TPSA) is 29.5 Å². The predicted octanol–water partition coefficient (Wildman–Crippen LogP) is 1.69. The Morgan fingerprint density at radius 3 is 2.73 bits per heavy atom. The number of nitrogens with zero attached hydrogens (tertiary/aromatic N) is 1. The summed E-state index contributed by atoms with van der Waals surface area (Å²) in [6, 6.07) is 0. The Labute approximate surface area is 68.3 Å². The van der Waals surface area contributed by atoms with Gasteiger partial charge in [-0.25, -0.2) is 4.79 Å². The second-order valence-electron chi connectivity index (χ2n) is 2.39. The first-order valence-corrected chi connectivity index (χ1v) is 3.89. The van der Waals surface area contributed by atoms with Crippen LogP contribution >= 0.6 is 0 Å². The van der Waals surface area contributed by atoms with E-state index < -0.39 is 0 Å². The van der Waals surface area contributed by atoms with E-state index in [0.29, 0.717) is 13.2 Å². The van der Waals surface area contributed by atoms with E-state index in [0.717, 1.165) is 12.8 Å². The van der Waals surface area contributed by atoms with Gasteiger partial charge in [-0.2, -0.15) is 0 Å². The van der Waals surface area contributed by atoms with E-state index in [-0.39, 0.29) is 6.09 Å². The minimum atomic E-state index is -0.284. The van der Waals surface area contributed by atoms with E-state index in [1.165, 1.54) is 4.90 Å². The minimum absolute atomic E-state index is 0.284. The Kier molecular flexibility index (Phi) is 5.61. The molecule has 0 atom stereocenters. The third kappa shape index (κ3) is 4.65. The van der Waals surface area contributed by atoms with Crippen LogP contribution < -0.4 is 0 Å². The number of carbonyl (C=O) groups is 1. The van der Waals surface area contributed by atoms with Crippen molar-refractivity contribution in [3.05, 3.63) is 6.92 Å². The number of hydrogen-bond donors (Lipinski definition) is 0. The smallest absolute Gasteiger partial charge is 0.409 e. The Morgan fingerprint density at radius 1 is 1.64 bits per heavy atom. The molecule has 0 unspecified atom stereocenters. The summed E-state index contributed by atoms with van der Waals surface area (Å²) in [5.41, 5.74) is 0. The van der Waals surface area contributed by atoms with E-state index in [1.54, 1.807) is 7.05 Å². The Bertz CT molecular complexity index is 115. The van der Waals surface area contributed by atoms with Crippen molar-refractivity contribution in [3.8, 4) is 0 Å². The molecular formula is C8H16NO2. The second kappa shape index (κ2) is 6.01. The molecule has 11 heavy (non-hydrogen) atoms. The van der Waals surface area contributed by atoms with Crippen LogP contribution in [0.15, 0.2) is 0 Å². The van der Waals surface area contributed by atoms with Crippen molar-refractivity contribution < 1.29 is 9.53 Å². The van der Waals surface area contributed by atoms with Crippen molar-refractivity contribution in [2.45, 2.75) is 19.8 Å². The molecular weight excluding hydrogens is 142 g/mol. The molecule has 0 spiro atoms. The number of hydrogen-bond acceptors (Lipinski definition) is 2. The van der Waals surface area contributed by atoms with Gasteiger partial charge in [0, 0.05) is 13.6 Å². The maximum absolute atomic E-state index is 10.9. The SMILES string of the molecule is [CH2]CN(C)C(=O)OCCCC. The summed E-state index contributed by atoms with van der Waals surface area (Å²) in [5, 5.41) is 0. The highest BCUT2D eigenvalue weighted by atomic mass is 16.6. The summed E-state index contributed by atoms with van der Waals surface area (Å²) in [4.78, 5) is 12.4. The highest BCUT2D eigenvalue weighted by Gasteiger charge is 2.05. The summed E-state index contributed by atoms with van der Waals surface area (Å²) in [6.45, 7) is 6.58. The van der Waals surface area contributed by atoms with Crippen LogP contribution in [-0.4, -0.2) is 31.2 Å². The first-order chi connectivity index (χ1) is 5.22. The van der Waals surface area contributed by atoms with E-state index in [2.05, 4.69) is 13.8 Å². The van der Waals surface area contributed by atoms with Crippen LogP contribution in [0.1, 0.15) is 19.8 Å². The van der Waals surface area contributed by atoms with Crippen molar-refractivity contribution in [1.82, 2.24) is 4.90 Å². The normalized spacial score (nSPS) is 9.36. The number of ether oxygens (including phenoxy) is 1. The molecule has 0 bridgehead atoms. The molecule has 0 aromatic carbocycles. The number of carbonyl (C=O) groups excluding carboxylic acids is 1. The zero-order valence-electron chi connectivity index (χ0n) is 7.30. The van der Waals surface area contributed by atoms with Crippen LogP contribution in [0.5, 0.6) is 0 Å². The van der Waals surface area contributed by atoms with Crippen molar-refractivity contribution in [2.75, 3.05) is 20.2 Å². The van der Waals surface area contributed by atoms with E-state index >= 15 is 0 Å². The molecule has 0 aliphatic rings. The minimum Gasteiger partial charge on any atom is -0.449 e. The quantitative estimate of drug-likeness (QED) is 0.583. The second-order valence-corrected chi connectivity index (χ2v) is 2.39. The standard InChI is InChI=1S/C8H16NO2/c1-4-6-7-11-8(10)9(3)5-2/h2,4-7H2,1,3H3. The summed E-state index contributed by atoms with van der Waals surface area (Å²) in [7, 11) is 1.67. The Morgan fingerprint density at radius 2 is 2.27 bits per heavy atom. The van der Waals surface area contributed by atoms with Crippen molar-refractivity contribution in [3.63, 3.8) is 0 Å². The van der Waals surface area contributed by atoms with Crippen LogP contribution in [-0.2, 0) is 4.74 Å². The molecule has 0 heterocycles. The van der Waals surface area contributed by atoms with Crippen LogP contribution in [0.4, 0.5) is 4.79 Å². The third-order valence-corrected chi connectivity index (χ3v) is 1.37. The highest BCUT2D eigenvalue weighted by Crippen LogP contribution is 1.92. The van der Waals surface area contributed by atoms with Gasteiger partial charge in [-0.1, -0.05) is 13.3 Å². The fraction of sp³-hybridized carbons (Fsp3) is 0.750. The van der Waals surface area contributed by atoms with Gasteiger partial charge >= 0.3 is 6.09 Å². The fourth-order valence-corrected chi connectivity index (χ4v) is 0.505. The van der Waals surface area contributed by atoms with Crippen molar-refractivity contribution in [2.24, 2.45) is 0 Å². The lowest BCUT2D eigenvalue weighted by atomic mass is 10.4. The van der Waals surface area contributed by atoms with Crippen LogP contribution in [0.2, 0.25) is 0 Å². The van der Waals surface area contributed by atoms with Crippen LogP contribution in [0.25, 0.3) is 0 Å². The molecule has 65 valence electrons. The fourth-order valence-electron chi connectivity index (χ4n) is 0.505. The summed E-state index contributed by atoms with van der Waals surface area (Å²) >= 11 is 0. The molecule has 0 aromatic heterocycles. The monoisotopic (exact) mass is 158 g/mol. The van der Waals surface area contributed by atoms with E-state index in [4.69, 9.17) is 4.74 Å². The van der Waals surface area contributed by atoms with Gasteiger partial charge in [-0.05, 0) is 13.3 Å². The molecule has 1 radical (unpaired) electrons. The molecule has 3 nitrogen and oxygen atoms in total. The van der Waals surface area contributed by atoms with Crippen molar-refractivity contribution in [1.29, 1.82) is 0 Å². The van der Waals surface area contributed by atoms with Gasteiger partial charge in [-0.15, -0.1) is 0 Å². The lowest BCUT2D eigenvalue weighted by molar-refractivity contribution is 0.113. The molecule has 0 rings (SSSR count). The molecule has 0 saturated carbocycles. The predicted molar refractivity (Wildman–Crippen MR) is 44.2 cm³/mol. The first kappa shape index (κ1) is 10.3. The van der Waals surface area contributed by atoms with Gasteiger partial charge in [0.15, 0.2) is 0 Å². The number of unbranched alkanes of at least 4 members (excludes halogenated alkanes) is 1. The van der Waals surface area contributed by atoms with E-state index in [9.17, 15) is 4.79 Å². The number of amides is 1. The molecule has 0 N–H and O–H groups in total. The Hall–Kier alpha value is -0.730.